The molecular formula is C16H24BrN. The summed E-state index contributed by atoms with van der Waals surface area (Å²) >= 11 is 3.53. The minimum Gasteiger partial charge on any atom is -0.303 e. The predicted molar refractivity (Wildman–Crippen MR) is 82.5 cm³/mol. The Morgan fingerprint density at radius 2 is 1.72 bits per heavy atom. The fraction of sp³-hybridized carbons (Fsp3) is 0.625. The monoisotopic (exact) mass is 309 g/mol. The average molecular weight is 310 g/mol. The second-order valence-corrected chi connectivity index (χ2v) is 6.27. The van der Waals surface area contributed by atoms with Crippen LogP contribution in [0.15, 0.2) is 24.3 Å². The van der Waals surface area contributed by atoms with Gasteiger partial charge in [-0.1, -0.05) is 47.1 Å². The van der Waals surface area contributed by atoms with E-state index in [2.05, 4.69) is 52.0 Å². The fourth-order valence-electron chi connectivity index (χ4n) is 2.67. The molecule has 1 heterocycles. The van der Waals surface area contributed by atoms with Gasteiger partial charge in [-0.3, -0.25) is 0 Å². The summed E-state index contributed by atoms with van der Waals surface area (Å²) in [6.07, 6.45) is 5.09. The maximum absolute atomic E-state index is 3.53. The van der Waals surface area contributed by atoms with Gasteiger partial charge in [0.25, 0.3) is 0 Å². The van der Waals surface area contributed by atoms with Crippen molar-refractivity contribution in [2.24, 2.45) is 5.92 Å². The van der Waals surface area contributed by atoms with E-state index >= 15 is 0 Å². The van der Waals surface area contributed by atoms with Gasteiger partial charge in [0.2, 0.25) is 0 Å². The van der Waals surface area contributed by atoms with E-state index in [0.717, 1.165) is 11.2 Å². The van der Waals surface area contributed by atoms with E-state index in [1.807, 2.05) is 0 Å². The van der Waals surface area contributed by atoms with E-state index < -0.39 is 0 Å². The Kier molecular flexibility index (Phi) is 5.71. The number of alkyl halides is 1. The van der Waals surface area contributed by atoms with E-state index in [0.29, 0.717) is 0 Å². The quantitative estimate of drug-likeness (QED) is 0.746. The van der Waals surface area contributed by atoms with Crippen molar-refractivity contribution in [3.05, 3.63) is 35.4 Å². The summed E-state index contributed by atoms with van der Waals surface area (Å²) in [7, 11) is 0. The second-order valence-electron chi connectivity index (χ2n) is 5.48. The van der Waals surface area contributed by atoms with Crippen molar-refractivity contribution < 1.29 is 0 Å². The molecule has 0 fully saturated rings. The molecule has 1 aromatic rings. The molecule has 0 aromatic heterocycles. The van der Waals surface area contributed by atoms with Crippen molar-refractivity contribution in [2.45, 2.75) is 32.6 Å². The van der Waals surface area contributed by atoms with Crippen LogP contribution < -0.4 is 0 Å². The van der Waals surface area contributed by atoms with E-state index in [9.17, 15) is 0 Å². The van der Waals surface area contributed by atoms with Crippen LogP contribution in [0.5, 0.6) is 0 Å². The van der Waals surface area contributed by atoms with E-state index in [4.69, 9.17) is 0 Å². The molecule has 0 N–H and O–H groups in total. The Labute approximate surface area is 120 Å². The lowest BCUT2D eigenvalue weighted by atomic mass is 10.0. The molecule has 100 valence electrons. The van der Waals surface area contributed by atoms with Crippen LogP contribution in [0.2, 0.25) is 0 Å². The Hall–Kier alpha value is -0.340. The summed E-state index contributed by atoms with van der Waals surface area (Å²) in [5, 5.41) is 1.14. The molecule has 0 saturated carbocycles. The molecule has 1 unspecified atom stereocenters. The zero-order valence-corrected chi connectivity index (χ0v) is 13.0. The molecule has 0 saturated heterocycles. The minimum atomic E-state index is 0.843. The minimum absolute atomic E-state index is 0.843. The summed E-state index contributed by atoms with van der Waals surface area (Å²) in [5.74, 6) is 0.843. The standard InChI is InChI=1S/C16H24BrN/c1-14(6-10-17)7-11-18-12-8-15-4-2-3-5-16(15)9-13-18/h2-5,14H,6-13H2,1H3. The van der Waals surface area contributed by atoms with Gasteiger partial charge in [-0.05, 0) is 49.3 Å². The van der Waals surface area contributed by atoms with Crippen molar-refractivity contribution in [1.29, 1.82) is 0 Å². The van der Waals surface area contributed by atoms with Gasteiger partial charge in [0.1, 0.15) is 0 Å². The van der Waals surface area contributed by atoms with Crippen LogP contribution in [0.3, 0.4) is 0 Å². The summed E-state index contributed by atoms with van der Waals surface area (Å²) in [4.78, 5) is 2.64. The number of fused-ring (bicyclic) bond motifs is 1. The lowest BCUT2D eigenvalue weighted by Crippen LogP contribution is -2.28. The average Bonchev–Trinajstić information content (AvgIpc) is 2.59. The third kappa shape index (κ3) is 4.10. The lowest BCUT2D eigenvalue weighted by Gasteiger charge is -2.21. The summed E-state index contributed by atoms with van der Waals surface area (Å²) in [6.45, 7) is 6.10. The number of benzene rings is 1. The number of hydrogen-bond donors (Lipinski definition) is 0. The van der Waals surface area contributed by atoms with Gasteiger partial charge in [0.15, 0.2) is 0 Å². The molecule has 1 atom stereocenters. The first-order valence-corrected chi connectivity index (χ1v) is 8.27. The smallest absolute Gasteiger partial charge is 0.00338 e. The molecular weight excluding hydrogens is 286 g/mol. The molecule has 0 radical (unpaired) electrons. The third-order valence-corrected chi connectivity index (χ3v) is 4.51. The van der Waals surface area contributed by atoms with Crippen LogP contribution in [-0.2, 0) is 12.8 Å². The normalized spacial score (nSPS) is 18.1. The Morgan fingerprint density at radius 3 is 2.28 bits per heavy atom. The fourth-order valence-corrected chi connectivity index (χ4v) is 3.45. The molecule has 18 heavy (non-hydrogen) atoms. The SMILES string of the molecule is CC(CCBr)CCN1CCc2ccccc2CC1. The molecule has 1 aliphatic heterocycles. The first kappa shape index (κ1) is 14.1. The highest BCUT2D eigenvalue weighted by Gasteiger charge is 2.13. The van der Waals surface area contributed by atoms with Crippen molar-refractivity contribution >= 4 is 15.9 Å². The van der Waals surface area contributed by atoms with Gasteiger partial charge in [0, 0.05) is 18.4 Å². The first-order valence-electron chi connectivity index (χ1n) is 7.14. The van der Waals surface area contributed by atoms with E-state index in [1.54, 1.807) is 11.1 Å². The molecule has 1 aromatic carbocycles. The largest absolute Gasteiger partial charge is 0.303 e. The highest BCUT2D eigenvalue weighted by molar-refractivity contribution is 9.09. The van der Waals surface area contributed by atoms with Crippen molar-refractivity contribution in [3.8, 4) is 0 Å². The Balaban J connectivity index is 1.81. The molecule has 0 amide bonds. The van der Waals surface area contributed by atoms with Crippen LogP contribution in [0, 0.1) is 5.92 Å². The number of halogens is 1. The maximum Gasteiger partial charge on any atom is 0.00338 e. The van der Waals surface area contributed by atoms with Gasteiger partial charge >= 0.3 is 0 Å². The Morgan fingerprint density at radius 1 is 1.11 bits per heavy atom. The van der Waals surface area contributed by atoms with E-state index in [1.165, 1.54) is 45.3 Å². The molecule has 0 aliphatic carbocycles. The molecule has 1 nitrogen and oxygen atoms in total. The molecule has 2 heteroatoms. The third-order valence-electron chi connectivity index (χ3n) is 4.05. The van der Waals surface area contributed by atoms with Crippen molar-refractivity contribution in [1.82, 2.24) is 4.90 Å². The highest BCUT2D eigenvalue weighted by atomic mass is 79.9. The zero-order chi connectivity index (χ0) is 12.8. The number of hydrogen-bond acceptors (Lipinski definition) is 1. The van der Waals surface area contributed by atoms with Crippen LogP contribution in [-0.4, -0.2) is 29.9 Å². The van der Waals surface area contributed by atoms with Crippen LogP contribution in [0.1, 0.15) is 30.9 Å². The molecule has 0 spiro atoms. The summed E-state index contributed by atoms with van der Waals surface area (Å²) in [6, 6.07) is 8.94. The Bertz CT molecular complexity index is 337. The van der Waals surface area contributed by atoms with Crippen LogP contribution in [0.4, 0.5) is 0 Å². The van der Waals surface area contributed by atoms with Gasteiger partial charge in [-0.2, -0.15) is 0 Å². The number of nitrogens with zero attached hydrogens (tertiary/aromatic N) is 1. The van der Waals surface area contributed by atoms with Crippen molar-refractivity contribution in [3.63, 3.8) is 0 Å². The zero-order valence-electron chi connectivity index (χ0n) is 11.4. The highest BCUT2D eigenvalue weighted by Crippen LogP contribution is 2.17. The maximum atomic E-state index is 3.53. The summed E-state index contributed by atoms with van der Waals surface area (Å²) < 4.78 is 0. The molecule has 2 rings (SSSR count). The second kappa shape index (κ2) is 7.30. The summed E-state index contributed by atoms with van der Waals surface area (Å²) in [5.41, 5.74) is 3.13. The van der Waals surface area contributed by atoms with Crippen LogP contribution in [0.25, 0.3) is 0 Å². The van der Waals surface area contributed by atoms with E-state index in [-0.39, 0.29) is 0 Å². The number of rotatable bonds is 5. The van der Waals surface area contributed by atoms with Gasteiger partial charge in [-0.25, -0.2) is 0 Å². The van der Waals surface area contributed by atoms with Gasteiger partial charge in [0.05, 0.1) is 0 Å². The van der Waals surface area contributed by atoms with Crippen molar-refractivity contribution in [2.75, 3.05) is 25.0 Å². The van der Waals surface area contributed by atoms with Crippen LogP contribution >= 0.6 is 15.9 Å². The van der Waals surface area contributed by atoms with Gasteiger partial charge < -0.3 is 4.90 Å². The first-order chi connectivity index (χ1) is 8.79. The molecule has 0 bridgehead atoms. The predicted octanol–water partition coefficient (Wildman–Crippen LogP) is 3.90. The lowest BCUT2D eigenvalue weighted by molar-refractivity contribution is 0.265. The molecule has 1 aliphatic rings. The topological polar surface area (TPSA) is 3.24 Å². The van der Waals surface area contributed by atoms with Gasteiger partial charge in [-0.15, -0.1) is 0 Å².